The molecule has 4 rings (SSSR count). The van der Waals surface area contributed by atoms with Gasteiger partial charge in [-0.2, -0.15) is 0 Å². The molecule has 5 heteroatoms. The first kappa shape index (κ1) is 20.9. The maximum Gasteiger partial charge on any atom is 0.262 e. The lowest BCUT2D eigenvalue weighted by atomic mass is 10.0. The maximum absolute atomic E-state index is 12.5. The fraction of sp³-hybridized carbons (Fsp3) is 0.240. The Labute approximate surface area is 186 Å². The second-order valence-corrected chi connectivity index (χ2v) is 9.88. The predicted molar refractivity (Wildman–Crippen MR) is 129 cm³/mol. The molecule has 1 aliphatic heterocycles. The summed E-state index contributed by atoms with van der Waals surface area (Å²) in [6, 6.07) is 26.3. The first-order chi connectivity index (χ1) is 14.8. The van der Waals surface area contributed by atoms with Gasteiger partial charge in [0.2, 0.25) is 0 Å². The summed E-state index contributed by atoms with van der Waals surface area (Å²) in [5.74, 6) is 3.01. The number of benzene rings is 3. The first-order valence-corrected chi connectivity index (χ1v) is 12.3. The van der Waals surface area contributed by atoms with Crippen LogP contribution in [0.3, 0.4) is 0 Å². The molecule has 1 amide bonds. The minimum Gasteiger partial charge on any atom is -0.484 e. The van der Waals surface area contributed by atoms with Crippen LogP contribution < -0.4 is 10.1 Å². The van der Waals surface area contributed by atoms with Crippen LogP contribution in [0.5, 0.6) is 5.75 Å². The molecular weight excluding hydrogens is 410 g/mol. The van der Waals surface area contributed by atoms with E-state index in [4.69, 9.17) is 4.74 Å². The molecule has 1 N–H and O–H groups in total. The summed E-state index contributed by atoms with van der Waals surface area (Å²) in [6.45, 7) is -0.00799. The standard InChI is InChI=1S/C25H25NO2S2/c27-24(18-28-22-13-11-20(12-14-22)25-29-15-6-16-30-25)26-23-10-5-4-9-21(23)17-19-7-2-1-3-8-19/h1-5,7-14,25H,6,15-18H2,(H,26,27). The molecule has 1 saturated heterocycles. The maximum atomic E-state index is 12.5. The van der Waals surface area contributed by atoms with Gasteiger partial charge in [0.05, 0.1) is 4.58 Å². The second-order valence-electron chi connectivity index (χ2n) is 7.15. The van der Waals surface area contributed by atoms with E-state index < -0.39 is 0 Å². The van der Waals surface area contributed by atoms with E-state index >= 15 is 0 Å². The van der Waals surface area contributed by atoms with E-state index in [1.54, 1.807) is 0 Å². The third-order valence-corrected chi connectivity index (χ3v) is 7.89. The number of ether oxygens (including phenoxy) is 1. The van der Waals surface area contributed by atoms with Gasteiger partial charge >= 0.3 is 0 Å². The third-order valence-electron chi connectivity index (χ3n) is 4.88. The number of hydrogen-bond donors (Lipinski definition) is 1. The lowest BCUT2D eigenvalue weighted by Crippen LogP contribution is -2.21. The number of para-hydroxylation sites is 1. The summed E-state index contributed by atoms with van der Waals surface area (Å²) >= 11 is 4.00. The van der Waals surface area contributed by atoms with Crippen LogP contribution in [-0.4, -0.2) is 24.0 Å². The molecular formula is C25H25NO2S2. The molecule has 1 heterocycles. The van der Waals surface area contributed by atoms with E-state index in [-0.39, 0.29) is 12.5 Å². The molecule has 0 spiro atoms. The Balaban J connectivity index is 1.32. The molecule has 0 atom stereocenters. The average Bonchev–Trinajstić information content (AvgIpc) is 2.81. The van der Waals surface area contributed by atoms with E-state index in [0.29, 0.717) is 4.58 Å². The number of anilines is 1. The molecule has 1 fully saturated rings. The minimum atomic E-state index is -0.155. The topological polar surface area (TPSA) is 38.3 Å². The predicted octanol–water partition coefficient (Wildman–Crippen LogP) is 6.16. The van der Waals surface area contributed by atoms with Crippen molar-refractivity contribution in [3.63, 3.8) is 0 Å². The first-order valence-electron chi connectivity index (χ1n) is 10.2. The molecule has 3 aromatic carbocycles. The number of thioether (sulfide) groups is 2. The van der Waals surface area contributed by atoms with E-state index in [2.05, 4.69) is 29.6 Å². The number of hydrogen-bond acceptors (Lipinski definition) is 4. The highest BCUT2D eigenvalue weighted by Crippen LogP contribution is 2.43. The third kappa shape index (κ3) is 5.83. The van der Waals surface area contributed by atoms with Crippen LogP contribution in [0.2, 0.25) is 0 Å². The Morgan fingerprint density at radius 2 is 1.60 bits per heavy atom. The summed E-state index contributed by atoms with van der Waals surface area (Å²) < 4.78 is 6.23. The second kappa shape index (κ2) is 10.6. The molecule has 0 unspecified atom stereocenters. The number of rotatable bonds is 7. The summed E-state index contributed by atoms with van der Waals surface area (Å²) in [7, 11) is 0. The van der Waals surface area contributed by atoms with E-state index in [1.165, 1.54) is 29.1 Å². The van der Waals surface area contributed by atoms with E-state index in [1.807, 2.05) is 78.1 Å². The van der Waals surface area contributed by atoms with Crippen LogP contribution in [0.1, 0.15) is 27.7 Å². The zero-order chi connectivity index (χ0) is 20.6. The van der Waals surface area contributed by atoms with Crippen LogP contribution in [-0.2, 0) is 11.2 Å². The molecule has 3 aromatic rings. The Bertz CT molecular complexity index is 954. The van der Waals surface area contributed by atoms with Crippen LogP contribution in [0, 0.1) is 0 Å². The monoisotopic (exact) mass is 435 g/mol. The van der Waals surface area contributed by atoms with Gasteiger partial charge in [0.1, 0.15) is 5.75 Å². The molecule has 0 bridgehead atoms. The molecule has 0 aliphatic carbocycles. The Kier molecular flexibility index (Phi) is 7.38. The van der Waals surface area contributed by atoms with Crippen molar-refractivity contribution in [1.29, 1.82) is 0 Å². The minimum absolute atomic E-state index is 0.00799. The van der Waals surface area contributed by atoms with Gasteiger partial charge in [-0.3, -0.25) is 4.79 Å². The highest BCUT2D eigenvalue weighted by molar-refractivity contribution is 8.16. The lowest BCUT2D eigenvalue weighted by Gasteiger charge is -2.21. The van der Waals surface area contributed by atoms with E-state index in [9.17, 15) is 4.79 Å². The van der Waals surface area contributed by atoms with Gasteiger partial charge in [0, 0.05) is 5.69 Å². The van der Waals surface area contributed by atoms with E-state index in [0.717, 1.165) is 23.4 Å². The Morgan fingerprint density at radius 1 is 0.900 bits per heavy atom. The van der Waals surface area contributed by atoms with Gasteiger partial charge in [-0.15, -0.1) is 23.5 Å². The van der Waals surface area contributed by atoms with Crippen molar-refractivity contribution in [2.45, 2.75) is 17.4 Å². The SMILES string of the molecule is O=C(COc1ccc(C2SCCCS2)cc1)Nc1ccccc1Cc1ccccc1. The zero-order valence-electron chi connectivity index (χ0n) is 16.8. The largest absolute Gasteiger partial charge is 0.484 e. The molecule has 3 nitrogen and oxygen atoms in total. The normalized spacial score (nSPS) is 14.3. The molecule has 0 radical (unpaired) electrons. The fourth-order valence-electron chi connectivity index (χ4n) is 3.35. The quantitative estimate of drug-likeness (QED) is 0.482. The average molecular weight is 436 g/mol. The number of amides is 1. The van der Waals surface area contributed by atoms with Crippen molar-refractivity contribution in [1.82, 2.24) is 0 Å². The molecule has 154 valence electrons. The van der Waals surface area contributed by atoms with Crippen molar-refractivity contribution in [3.05, 3.63) is 95.6 Å². The van der Waals surface area contributed by atoms with Crippen molar-refractivity contribution in [3.8, 4) is 5.75 Å². The van der Waals surface area contributed by atoms with Gasteiger partial charge in [0.15, 0.2) is 6.61 Å². The van der Waals surface area contributed by atoms with Crippen molar-refractivity contribution >= 4 is 35.1 Å². The summed E-state index contributed by atoms with van der Waals surface area (Å²) in [4.78, 5) is 12.5. The molecule has 1 aliphatic rings. The van der Waals surface area contributed by atoms with Crippen LogP contribution in [0.25, 0.3) is 0 Å². The lowest BCUT2D eigenvalue weighted by molar-refractivity contribution is -0.118. The molecule has 0 saturated carbocycles. The highest BCUT2D eigenvalue weighted by atomic mass is 32.2. The van der Waals surface area contributed by atoms with Crippen LogP contribution in [0.4, 0.5) is 5.69 Å². The van der Waals surface area contributed by atoms with Gasteiger partial charge in [-0.1, -0.05) is 60.7 Å². The van der Waals surface area contributed by atoms with Crippen molar-refractivity contribution in [2.24, 2.45) is 0 Å². The number of carbonyl (C=O) groups is 1. The van der Waals surface area contributed by atoms with Gasteiger partial charge in [0.25, 0.3) is 5.91 Å². The summed E-state index contributed by atoms with van der Waals surface area (Å²) in [6.07, 6.45) is 2.06. The Hall–Kier alpha value is -2.37. The van der Waals surface area contributed by atoms with Gasteiger partial charge in [-0.05, 0) is 59.2 Å². The number of carbonyl (C=O) groups excluding carboxylic acids is 1. The Morgan fingerprint density at radius 3 is 2.37 bits per heavy atom. The fourth-order valence-corrected chi connectivity index (χ4v) is 6.24. The smallest absolute Gasteiger partial charge is 0.262 e. The van der Waals surface area contributed by atoms with Gasteiger partial charge in [-0.25, -0.2) is 0 Å². The number of nitrogens with one attached hydrogen (secondary N) is 1. The summed E-state index contributed by atoms with van der Waals surface area (Å²) in [5.41, 5.74) is 4.45. The van der Waals surface area contributed by atoms with Gasteiger partial charge < -0.3 is 10.1 Å². The van der Waals surface area contributed by atoms with Crippen molar-refractivity contribution < 1.29 is 9.53 Å². The zero-order valence-corrected chi connectivity index (χ0v) is 18.4. The van der Waals surface area contributed by atoms with Crippen LogP contribution >= 0.6 is 23.5 Å². The molecule has 30 heavy (non-hydrogen) atoms. The summed E-state index contributed by atoms with van der Waals surface area (Å²) in [5, 5.41) is 2.99. The van der Waals surface area contributed by atoms with Crippen LogP contribution in [0.15, 0.2) is 78.9 Å². The van der Waals surface area contributed by atoms with Crippen molar-refractivity contribution in [2.75, 3.05) is 23.4 Å². The highest BCUT2D eigenvalue weighted by Gasteiger charge is 2.16. The molecule has 0 aromatic heterocycles.